The predicted octanol–water partition coefficient (Wildman–Crippen LogP) is 3.65. The summed E-state index contributed by atoms with van der Waals surface area (Å²) in [4.78, 5) is 1.03. The van der Waals surface area contributed by atoms with Gasteiger partial charge in [0.1, 0.15) is 4.21 Å². The monoisotopic (exact) mass is 388 g/mol. The smallest absolute Gasteiger partial charge is 0.271 e. The highest BCUT2D eigenvalue weighted by molar-refractivity contribution is 9.10. The Bertz CT molecular complexity index is 734. The summed E-state index contributed by atoms with van der Waals surface area (Å²) in [6.45, 7) is 4.51. The second-order valence-electron chi connectivity index (χ2n) is 4.82. The highest BCUT2D eigenvalue weighted by Gasteiger charge is 2.19. The fourth-order valence-corrected chi connectivity index (χ4v) is 5.21. The molecule has 0 unspecified atom stereocenters. The second-order valence-corrected chi connectivity index (χ2v) is 8.79. The molecule has 21 heavy (non-hydrogen) atoms. The molecule has 0 aliphatic heterocycles. The van der Waals surface area contributed by atoms with Crippen LogP contribution in [0.4, 0.5) is 5.69 Å². The van der Waals surface area contributed by atoms with Crippen molar-refractivity contribution < 1.29 is 8.42 Å². The van der Waals surface area contributed by atoms with E-state index in [4.69, 9.17) is 0 Å². The van der Waals surface area contributed by atoms with Gasteiger partial charge in [-0.2, -0.15) is 0 Å². The molecule has 1 aromatic heterocycles. The van der Waals surface area contributed by atoms with Gasteiger partial charge >= 0.3 is 0 Å². The zero-order valence-corrected chi connectivity index (χ0v) is 15.2. The Morgan fingerprint density at radius 1 is 1.19 bits per heavy atom. The standard InChI is InChI=1S/C14H17BrN2O2S2/c1-9-4-11(15)7-12(5-9)17-21(18,19)14-6-10(2)13(20-14)8-16-3/h4-7,16-17H,8H2,1-3H3. The first kappa shape index (κ1) is 16.5. The summed E-state index contributed by atoms with van der Waals surface area (Å²) in [7, 11) is -1.70. The van der Waals surface area contributed by atoms with Gasteiger partial charge in [-0.15, -0.1) is 11.3 Å². The molecule has 114 valence electrons. The molecule has 0 aliphatic rings. The second kappa shape index (κ2) is 6.48. The molecule has 4 nitrogen and oxygen atoms in total. The van der Waals surface area contributed by atoms with E-state index in [1.54, 1.807) is 18.2 Å². The minimum Gasteiger partial charge on any atom is -0.315 e. The molecule has 0 saturated carbocycles. The van der Waals surface area contributed by atoms with Gasteiger partial charge in [-0.1, -0.05) is 15.9 Å². The van der Waals surface area contributed by atoms with E-state index in [-0.39, 0.29) is 0 Å². The summed E-state index contributed by atoms with van der Waals surface area (Å²) in [6, 6.07) is 7.19. The Labute approximate surface area is 137 Å². The van der Waals surface area contributed by atoms with Crippen LogP contribution in [-0.4, -0.2) is 15.5 Å². The van der Waals surface area contributed by atoms with Crippen LogP contribution >= 0.6 is 27.3 Å². The molecule has 1 heterocycles. The first-order valence-electron chi connectivity index (χ1n) is 6.36. The maximum Gasteiger partial charge on any atom is 0.271 e. The van der Waals surface area contributed by atoms with Crippen molar-refractivity contribution in [2.45, 2.75) is 24.6 Å². The number of halogens is 1. The molecule has 2 aromatic rings. The van der Waals surface area contributed by atoms with E-state index in [0.717, 1.165) is 20.5 Å². The lowest BCUT2D eigenvalue weighted by Gasteiger charge is -2.07. The van der Waals surface area contributed by atoms with Crippen LogP contribution in [0.15, 0.2) is 32.9 Å². The Kier molecular flexibility index (Phi) is 5.08. The zero-order chi connectivity index (χ0) is 15.6. The number of thiophene rings is 1. The van der Waals surface area contributed by atoms with E-state index >= 15 is 0 Å². The lowest BCUT2D eigenvalue weighted by Crippen LogP contribution is -2.11. The SMILES string of the molecule is CNCc1sc(S(=O)(=O)Nc2cc(C)cc(Br)c2)cc1C. The van der Waals surface area contributed by atoms with E-state index < -0.39 is 10.0 Å². The first-order chi connectivity index (χ1) is 9.81. The molecule has 2 rings (SSSR count). The quantitative estimate of drug-likeness (QED) is 0.821. The minimum atomic E-state index is -3.55. The number of rotatable bonds is 5. The molecule has 1 aromatic carbocycles. The molecule has 0 bridgehead atoms. The number of sulfonamides is 1. The van der Waals surface area contributed by atoms with Crippen molar-refractivity contribution in [2.75, 3.05) is 11.8 Å². The largest absolute Gasteiger partial charge is 0.315 e. The fraction of sp³-hybridized carbons (Fsp3) is 0.286. The van der Waals surface area contributed by atoms with Crippen molar-refractivity contribution in [2.24, 2.45) is 0 Å². The minimum absolute atomic E-state index is 0.336. The van der Waals surface area contributed by atoms with Crippen molar-refractivity contribution in [1.82, 2.24) is 5.32 Å². The lowest BCUT2D eigenvalue weighted by molar-refractivity contribution is 0.603. The van der Waals surface area contributed by atoms with Gasteiger partial charge in [0.2, 0.25) is 0 Å². The molecule has 0 saturated heterocycles. The van der Waals surface area contributed by atoms with Crippen LogP contribution in [0.2, 0.25) is 0 Å². The summed E-state index contributed by atoms with van der Waals surface area (Å²) in [5, 5.41) is 3.04. The maximum atomic E-state index is 12.5. The van der Waals surface area contributed by atoms with Crippen molar-refractivity contribution in [1.29, 1.82) is 0 Å². The van der Waals surface area contributed by atoms with Gasteiger partial charge in [-0.3, -0.25) is 4.72 Å². The normalized spacial score (nSPS) is 11.6. The van der Waals surface area contributed by atoms with E-state index in [9.17, 15) is 8.42 Å². The van der Waals surface area contributed by atoms with E-state index in [1.807, 2.05) is 27.0 Å². The predicted molar refractivity (Wildman–Crippen MR) is 91.5 cm³/mol. The number of hydrogen-bond acceptors (Lipinski definition) is 4. The average molecular weight is 389 g/mol. The molecule has 0 spiro atoms. The topological polar surface area (TPSA) is 58.2 Å². The van der Waals surface area contributed by atoms with Gasteiger partial charge in [0.05, 0.1) is 5.69 Å². The third-order valence-electron chi connectivity index (χ3n) is 2.89. The van der Waals surface area contributed by atoms with Crippen LogP contribution < -0.4 is 10.0 Å². The van der Waals surface area contributed by atoms with Crippen molar-refractivity contribution in [3.8, 4) is 0 Å². The third kappa shape index (κ3) is 4.06. The Morgan fingerprint density at radius 3 is 2.52 bits per heavy atom. The van der Waals surface area contributed by atoms with E-state index in [2.05, 4.69) is 26.0 Å². The van der Waals surface area contributed by atoms with Crippen LogP contribution in [0.3, 0.4) is 0 Å². The Balaban J connectivity index is 2.31. The van der Waals surface area contributed by atoms with Gasteiger partial charge in [-0.25, -0.2) is 8.42 Å². The van der Waals surface area contributed by atoms with Crippen LogP contribution in [0, 0.1) is 13.8 Å². The molecule has 0 amide bonds. The molecule has 7 heteroatoms. The van der Waals surface area contributed by atoms with Gasteiger partial charge in [0, 0.05) is 15.9 Å². The van der Waals surface area contributed by atoms with Crippen molar-refractivity contribution in [3.63, 3.8) is 0 Å². The van der Waals surface area contributed by atoms with Crippen LogP contribution in [-0.2, 0) is 16.6 Å². The van der Waals surface area contributed by atoms with E-state index in [1.165, 1.54) is 11.3 Å². The van der Waals surface area contributed by atoms with Crippen LogP contribution in [0.5, 0.6) is 0 Å². The van der Waals surface area contributed by atoms with Gasteiger partial charge in [-0.05, 0) is 56.3 Å². The zero-order valence-electron chi connectivity index (χ0n) is 12.0. The number of benzene rings is 1. The van der Waals surface area contributed by atoms with Crippen LogP contribution in [0.1, 0.15) is 16.0 Å². The molecule has 2 N–H and O–H groups in total. The average Bonchev–Trinajstić information content (AvgIpc) is 2.70. The summed E-state index contributed by atoms with van der Waals surface area (Å²) < 4.78 is 28.7. The van der Waals surface area contributed by atoms with Crippen molar-refractivity contribution in [3.05, 3.63) is 44.7 Å². The van der Waals surface area contributed by atoms with Crippen molar-refractivity contribution >= 4 is 43.0 Å². The molecular formula is C14H17BrN2O2S2. The summed E-state index contributed by atoms with van der Waals surface area (Å²) in [5.74, 6) is 0. The lowest BCUT2D eigenvalue weighted by atomic mass is 10.2. The Hall–Kier alpha value is -0.890. The molecule has 0 aliphatic carbocycles. The third-order valence-corrected chi connectivity index (χ3v) is 6.44. The summed E-state index contributed by atoms with van der Waals surface area (Å²) in [6.07, 6.45) is 0. The molecular weight excluding hydrogens is 372 g/mol. The number of anilines is 1. The number of hydrogen-bond donors (Lipinski definition) is 2. The number of nitrogens with one attached hydrogen (secondary N) is 2. The summed E-state index contributed by atoms with van der Waals surface area (Å²) in [5.41, 5.74) is 2.53. The molecule has 0 atom stereocenters. The molecule has 0 radical (unpaired) electrons. The molecule has 0 fully saturated rings. The first-order valence-corrected chi connectivity index (χ1v) is 9.45. The van der Waals surface area contributed by atoms with Crippen LogP contribution in [0.25, 0.3) is 0 Å². The van der Waals surface area contributed by atoms with Gasteiger partial charge in [0.25, 0.3) is 10.0 Å². The summed E-state index contributed by atoms with van der Waals surface area (Å²) >= 11 is 4.67. The highest BCUT2D eigenvalue weighted by Crippen LogP contribution is 2.28. The fourth-order valence-electron chi connectivity index (χ4n) is 1.96. The van der Waals surface area contributed by atoms with E-state index in [0.29, 0.717) is 16.4 Å². The Morgan fingerprint density at radius 2 is 1.90 bits per heavy atom. The number of aryl methyl sites for hydroxylation is 2. The maximum absolute atomic E-state index is 12.5. The highest BCUT2D eigenvalue weighted by atomic mass is 79.9. The van der Waals surface area contributed by atoms with Gasteiger partial charge < -0.3 is 5.32 Å². The van der Waals surface area contributed by atoms with Gasteiger partial charge in [0.15, 0.2) is 0 Å².